The first kappa shape index (κ1) is 22.0. The SMILES string of the molecule is Cn1c(=O)nc(N2CCOCc3c(C#CC4(C(F)(F)F)CC4)cccc32)c2cc(C#N)ccc21. The largest absolute Gasteiger partial charge is 0.405 e. The van der Waals surface area contributed by atoms with Crippen LogP contribution >= 0.6 is 0 Å². The zero-order valence-electron chi connectivity index (χ0n) is 18.2. The summed E-state index contributed by atoms with van der Waals surface area (Å²) < 4.78 is 47.3. The number of aryl methyl sites for hydroxylation is 1. The van der Waals surface area contributed by atoms with Crippen molar-refractivity contribution >= 4 is 22.4 Å². The number of nitrogens with zero attached hydrogens (tertiary/aromatic N) is 4. The molecule has 2 aromatic carbocycles. The van der Waals surface area contributed by atoms with Gasteiger partial charge in [-0.3, -0.25) is 4.57 Å². The van der Waals surface area contributed by atoms with Gasteiger partial charge in [0.25, 0.3) is 0 Å². The number of hydrogen-bond acceptors (Lipinski definition) is 5. The minimum atomic E-state index is -4.36. The van der Waals surface area contributed by atoms with Gasteiger partial charge in [0.15, 0.2) is 0 Å². The molecule has 0 radical (unpaired) electrons. The van der Waals surface area contributed by atoms with Gasteiger partial charge in [-0.25, -0.2) is 4.79 Å². The van der Waals surface area contributed by atoms with E-state index >= 15 is 0 Å². The third-order valence-corrected chi connectivity index (χ3v) is 6.35. The van der Waals surface area contributed by atoms with Gasteiger partial charge in [0.1, 0.15) is 11.2 Å². The molecule has 5 rings (SSSR count). The van der Waals surface area contributed by atoms with Gasteiger partial charge in [0, 0.05) is 35.8 Å². The molecule has 172 valence electrons. The van der Waals surface area contributed by atoms with Crippen molar-refractivity contribution in [3.63, 3.8) is 0 Å². The van der Waals surface area contributed by atoms with Crippen LogP contribution in [0.2, 0.25) is 0 Å². The van der Waals surface area contributed by atoms with Crippen molar-refractivity contribution in [2.24, 2.45) is 12.5 Å². The van der Waals surface area contributed by atoms with Crippen LogP contribution in [0.4, 0.5) is 24.7 Å². The van der Waals surface area contributed by atoms with Crippen molar-refractivity contribution in [1.82, 2.24) is 9.55 Å². The summed E-state index contributed by atoms with van der Waals surface area (Å²) >= 11 is 0. The Hall–Kier alpha value is -3.82. The Kier molecular flexibility index (Phi) is 5.11. The highest BCUT2D eigenvalue weighted by Crippen LogP contribution is 2.57. The van der Waals surface area contributed by atoms with E-state index in [1.54, 1.807) is 37.4 Å². The first-order chi connectivity index (χ1) is 16.2. The minimum absolute atomic E-state index is 0.00555. The number of alkyl halides is 3. The molecule has 2 aliphatic rings. The average molecular weight is 464 g/mol. The summed E-state index contributed by atoms with van der Waals surface area (Å²) in [6.07, 6.45) is -4.35. The number of ether oxygens (including phenoxy) is 1. The molecular weight excluding hydrogens is 445 g/mol. The smallest absolute Gasteiger partial charge is 0.375 e. The Labute approximate surface area is 193 Å². The molecule has 0 amide bonds. The van der Waals surface area contributed by atoms with Crippen LogP contribution in [-0.2, 0) is 18.4 Å². The molecular formula is C25H19F3N4O2. The Morgan fingerprint density at radius 2 is 2.00 bits per heavy atom. The van der Waals surface area contributed by atoms with Crippen LogP contribution in [0, 0.1) is 28.6 Å². The molecule has 0 spiro atoms. The second kappa shape index (κ2) is 7.89. The van der Waals surface area contributed by atoms with Gasteiger partial charge in [0.05, 0.1) is 30.4 Å². The molecule has 1 aliphatic heterocycles. The number of halogens is 3. The lowest BCUT2D eigenvalue weighted by Crippen LogP contribution is -2.28. The highest BCUT2D eigenvalue weighted by atomic mass is 19.4. The maximum atomic E-state index is 13.4. The lowest BCUT2D eigenvalue weighted by molar-refractivity contribution is -0.168. The van der Waals surface area contributed by atoms with Crippen LogP contribution in [0.3, 0.4) is 0 Å². The molecule has 0 N–H and O–H groups in total. The number of rotatable bonds is 1. The van der Waals surface area contributed by atoms with E-state index in [0.29, 0.717) is 52.3 Å². The highest BCUT2D eigenvalue weighted by molar-refractivity contribution is 5.93. The van der Waals surface area contributed by atoms with Gasteiger partial charge in [-0.15, -0.1) is 0 Å². The first-order valence-electron chi connectivity index (χ1n) is 10.7. The van der Waals surface area contributed by atoms with E-state index in [-0.39, 0.29) is 19.4 Å². The Morgan fingerprint density at radius 3 is 2.71 bits per heavy atom. The lowest BCUT2D eigenvalue weighted by atomic mass is 10.0. The quantitative estimate of drug-likeness (QED) is 0.506. The molecule has 0 bridgehead atoms. The van der Waals surface area contributed by atoms with Crippen LogP contribution < -0.4 is 10.6 Å². The summed E-state index contributed by atoms with van der Waals surface area (Å²) in [5, 5.41) is 9.99. The predicted molar refractivity (Wildman–Crippen MR) is 119 cm³/mol. The van der Waals surface area contributed by atoms with Crippen LogP contribution in [0.5, 0.6) is 0 Å². The molecule has 34 heavy (non-hydrogen) atoms. The molecule has 0 unspecified atom stereocenters. The fourth-order valence-corrected chi connectivity index (χ4v) is 4.17. The average Bonchev–Trinajstić information content (AvgIpc) is 3.64. The van der Waals surface area contributed by atoms with Crippen LogP contribution in [0.25, 0.3) is 10.9 Å². The number of benzene rings is 2. The van der Waals surface area contributed by atoms with E-state index in [9.17, 15) is 23.2 Å². The van der Waals surface area contributed by atoms with Gasteiger partial charge < -0.3 is 9.64 Å². The minimum Gasteiger partial charge on any atom is -0.375 e. The summed E-state index contributed by atoms with van der Waals surface area (Å²) in [4.78, 5) is 18.7. The van der Waals surface area contributed by atoms with E-state index in [0.717, 1.165) is 0 Å². The summed E-state index contributed by atoms with van der Waals surface area (Å²) in [6.45, 7) is 0.842. The van der Waals surface area contributed by atoms with Crippen molar-refractivity contribution in [1.29, 1.82) is 5.26 Å². The van der Waals surface area contributed by atoms with Gasteiger partial charge in [-0.1, -0.05) is 17.9 Å². The molecule has 3 aromatic rings. The molecule has 9 heteroatoms. The Morgan fingerprint density at radius 1 is 1.21 bits per heavy atom. The molecule has 1 fully saturated rings. The molecule has 1 saturated carbocycles. The standard InChI is InChI=1S/C25H19F3N4O2/c1-31-20-6-5-16(14-29)13-18(20)22(30-23(31)33)32-11-12-34-15-19-17(3-2-4-21(19)32)7-8-24(9-10-24)25(26,27)28/h2-6,13H,9-12,15H2,1H3. The normalized spacial score (nSPS) is 16.7. The van der Waals surface area contributed by atoms with Crippen molar-refractivity contribution in [3.8, 4) is 17.9 Å². The maximum Gasteiger partial charge on any atom is 0.405 e. The number of hydrogen-bond donors (Lipinski definition) is 0. The van der Waals surface area contributed by atoms with E-state index in [1.165, 1.54) is 4.57 Å². The van der Waals surface area contributed by atoms with Crippen LogP contribution in [0.15, 0.2) is 41.2 Å². The molecule has 1 aliphatic carbocycles. The maximum absolute atomic E-state index is 13.4. The lowest BCUT2D eigenvalue weighted by Gasteiger charge is -2.25. The highest BCUT2D eigenvalue weighted by Gasteiger charge is 2.62. The van der Waals surface area contributed by atoms with Gasteiger partial charge in [0.2, 0.25) is 0 Å². The first-order valence-corrected chi connectivity index (χ1v) is 10.7. The van der Waals surface area contributed by atoms with Gasteiger partial charge in [-0.2, -0.15) is 23.4 Å². The third-order valence-electron chi connectivity index (χ3n) is 6.35. The van der Waals surface area contributed by atoms with Gasteiger partial charge in [-0.05, 0) is 43.2 Å². The van der Waals surface area contributed by atoms with Crippen LogP contribution in [0.1, 0.15) is 29.5 Å². The summed E-state index contributed by atoms with van der Waals surface area (Å²) in [6, 6.07) is 12.3. The monoisotopic (exact) mass is 464 g/mol. The topological polar surface area (TPSA) is 71.2 Å². The zero-order chi connectivity index (χ0) is 24.1. The fraction of sp³-hybridized carbons (Fsp3) is 0.320. The third kappa shape index (κ3) is 3.59. The second-order valence-corrected chi connectivity index (χ2v) is 8.46. The van der Waals surface area contributed by atoms with E-state index in [2.05, 4.69) is 22.9 Å². The Balaban J connectivity index is 1.68. The van der Waals surface area contributed by atoms with Crippen molar-refractivity contribution < 1.29 is 17.9 Å². The molecule has 0 saturated heterocycles. The molecule has 0 atom stereocenters. The number of fused-ring (bicyclic) bond motifs is 2. The van der Waals surface area contributed by atoms with E-state index < -0.39 is 17.3 Å². The van der Waals surface area contributed by atoms with Gasteiger partial charge >= 0.3 is 11.9 Å². The summed E-state index contributed by atoms with van der Waals surface area (Å²) in [5.41, 5.74) is 0.377. The van der Waals surface area contributed by atoms with E-state index in [1.807, 2.05) is 11.0 Å². The molecule has 2 heterocycles. The molecule has 1 aromatic heterocycles. The van der Waals surface area contributed by atoms with Crippen LogP contribution in [-0.4, -0.2) is 28.9 Å². The van der Waals surface area contributed by atoms with Crippen molar-refractivity contribution in [2.45, 2.75) is 25.6 Å². The fourth-order valence-electron chi connectivity index (χ4n) is 4.17. The number of aromatic nitrogens is 2. The zero-order valence-corrected chi connectivity index (χ0v) is 18.2. The Bertz CT molecular complexity index is 1470. The molecule has 6 nitrogen and oxygen atoms in total. The number of anilines is 2. The van der Waals surface area contributed by atoms with E-state index in [4.69, 9.17) is 4.74 Å². The predicted octanol–water partition coefficient (Wildman–Crippen LogP) is 4.17. The summed E-state index contributed by atoms with van der Waals surface area (Å²) in [7, 11) is 1.61. The number of nitriles is 1. The summed E-state index contributed by atoms with van der Waals surface area (Å²) in [5.74, 6) is 5.57. The second-order valence-electron chi connectivity index (χ2n) is 8.46. The van der Waals surface area contributed by atoms with Crippen molar-refractivity contribution in [2.75, 3.05) is 18.1 Å². The van der Waals surface area contributed by atoms with Crippen molar-refractivity contribution in [3.05, 3.63) is 63.6 Å².